The maximum Gasteiger partial charge on any atom is 0.339 e. The Hall–Kier alpha value is -1.78. The van der Waals surface area contributed by atoms with Gasteiger partial charge in [0.25, 0.3) is 0 Å². The number of carbonyl (C=O) groups is 2. The van der Waals surface area contributed by atoms with E-state index in [0.717, 1.165) is 5.56 Å². The molecule has 0 aliphatic rings. The van der Waals surface area contributed by atoms with Crippen LogP contribution in [0.15, 0.2) is 12.4 Å². The molecule has 0 spiro atoms. The van der Waals surface area contributed by atoms with E-state index in [1.807, 2.05) is 13.8 Å². The largest absolute Gasteiger partial charge is 0.469 e. The zero-order valence-corrected chi connectivity index (χ0v) is 11.2. The Labute approximate surface area is 106 Å². The summed E-state index contributed by atoms with van der Waals surface area (Å²) in [5, 5.41) is 0. The zero-order chi connectivity index (χ0) is 13.8. The lowest BCUT2D eigenvalue weighted by atomic mass is 9.82. The number of hydrogen-bond acceptors (Lipinski definition) is 4. The normalized spacial score (nSPS) is 11.1. The highest BCUT2D eigenvalue weighted by Crippen LogP contribution is 2.28. The van der Waals surface area contributed by atoms with Crippen molar-refractivity contribution in [2.75, 3.05) is 14.2 Å². The van der Waals surface area contributed by atoms with Gasteiger partial charge < -0.3 is 14.5 Å². The predicted molar refractivity (Wildman–Crippen MR) is 66.3 cm³/mol. The molecular formula is C13H19NO4. The molecule has 0 bridgehead atoms. The number of aromatic amines is 1. The Kier molecular flexibility index (Phi) is 4.53. The molecular weight excluding hydrogens is 234 g/mol. The number of aromatic nitrogens is 1. The molecule has 100 valence electrons. The Balaban J connectivity index is 2.81. The Morgan fingerprint density at radius 3 is 2.44 bits per heavy atom. The summed E-state index contributed by atoms with van der Waals surface area (Å²) in [7, 11) is 2.72. The average molecular weight is 253 g/mol. The number of carbonyl (C=O) groups excluding carboxylic acids is 2. The SMILES string of the molecule is COC(=O)CC(C)(C)Cc1c[nH]cc1C(=O)OC. The van der Waals surface area contributed by atoms with Crippen molar-refractivity contribution in [1.82, 2.24) is 4.98 Å². The predicted octanol–water partition coefficient (Wildman–Crippen LogP) is 1.93. The van der Waals surface area contributed by atoms with E-state index in [2.05, 4.69) is 9.72 Å². The van der Waals surface area contributed by atoms with Crippen molar-refractivity contribution < 1.29 is 19.1 Å². The lowest BCUT2D eigenvalue weighted by Crippen LogP contribution is -2.21. The van der Waals surface area contributed by atoms with Crippen LogP contribution in [0.1, 0.15) is 36.2 Å². The van der Waals surface area contributed by atoms with Gasteiger partial charge in [-0.3, -0.25) is 4.79 Å². The molecule has 0 aromatic carbocycles. The second-order valence-corrected chi connectivity index (χ2v) is 4.98. The van der Waals surface area contributed by atoms with Gasteiger partial charge in [0.05, 0.1) is 26.2 Å². The van der Waals surface area contributed by atoms with Crippen molar-refractivity contribution >= 4 is 11.9 Å². The fourth-order valence-electron chi connectivity index (χ4n) is 1.88. The summed E-state index contributed by atoms with van der Waals surface area (Å²) in [6.45, 7) is 3.91. The van der Waals surface area contributed by atoms with Crippen molar-refractivity contribution in [3.05, 3.63) is 23.5 Å². The average Bonchev–Trinajstić information content (AvgIpc) is 2.74. The molecule has 1 heterocycles. The number of ether oxygens (including phenoxy) is 2. The van der Waals surface area contributed by atoms with E-state index in [0.29, 0.717) is 18.4 Å². The second kappa shape index (κ2) is 5.71. The highest BCUT2D eigenvalue weighted by Gasteiger charge is 2.26. The second-order valence-electron chi connectivity index (χ2n) is 4.98. The number of H-pyrrole nitrogens is 1. The third kappa shape index (κ3) is 3.61. The third-order valence-electron chi connectivity index (χ3n) is 2.76. The van der Waals surface area contributed by atoms with Crippen LogP contribution in [-0.4, -0.2) is 31.1 Å². The first-order valence-corrected chi connectivity index (χ1v) is 5.70. The monoisotopic (exact) mass is 253 g/mol. The maximum absolute atomic E-state index is 11.5. The fraction of sp³-hybridized carbons (Fsp3) is 0.538. The Morgan fingerprint density at radius 1 is 1.22 bits per heavy atom. The third-order valence-corrected chi connectivity index (χ3v) is 2.76. The van der Waals surface area contributed by atoms with Gasteiger partial charge in [0.1, 0.15) is 0 Å². The lowest BCUT2D eigenvalue weighted by molar-refractivity contribution is -0.142. The first-order valence-electron chi connectivity index (χ1n) is 5.70. The molecule has 1 aromatic rings. The molecule has 0 aliphatic carbocycles. The van der Waals surface area contributed by atoms with Crippen molar-refractivity contribution in [2.24, 2.45) is 5.41 Å². The summed E-state index contributed by atoms with van der Waals surface area (Å²) in [6, 6.07) is 0. The van der Waals surface area contributed by atoms with Crippen LogP contribution in [0.25, 0.3) is 0 Å². The van der Waals surface area contributed by atoms with E-state index in [1.54, 1.807) is 12.4 Å². The van der Waals surface area contributed by atoms with E-state index < -0.39 is 0 Å². The highest BCUT2D eigenvalue weighted by molar-refractivity contribution is 5.90. The van der Waals surface area contributed by atoms with Crippen molar-refractivity contribution in [1.29, 1.82) is 0 Å². The first kappa shape index (κ1) is 14.3. The van der Waals surface area contributed by atoms with Gasteiger partial charge in [-0.05, 0) is 17.4 Å². The van der Waals surface area contributed by atoms with E-state index in [-0.39, 0.29) is 17.4 Å². The van der Waals surface area contributed by atoms with Crippen LogP contribution in [0.5, 0.6) is 0 Å². The molecule has 5 nitrogen and oxygen atoms in total. The van der Waals surface area contributed by atoms with Gasteiger partial charge in [0, 0.05) is 12.4 Å². The number of nitrogens with one attached hydrogen (secondary N) is 1. The van der Waals surface area contributed by atoms with Gasteiger partial charge in [0.15, 0.2) is 0 Å². The molecule has 0 saturated heterocycles. The van der Waals surface area contributed by atoms with Gasteiger partial charge in [-0.2, -0.15) is 0 Å². The smallest absolute Gasteiger partial charge is 0.339 e. The van der Waals surface area contributed by atoms with Crippen LogP contribution in [0.3, 0.4) is 0 Å². The molecule has 5 heteroatoms. The molecule has 0 aliphatic heterocycles. The molecule has 0 saturated carbocycles. The lowest BCUT2D eigenvalue weighted by Gasteiger charge is -2.23. The van der Waals surface area contributed by atoms with Gasteiger partial charge in [-0.15, -0.1) is 0 Å². The molecule has 1 aromatic heterocycles. The minimum absolute atomic E-state index is 0.254. The standard InChI is InChI=1S/C13H19NO4/c1-13(2,6-11(15)17-3)5-9-7-14-8-10(9)12(16)18-4/h7-8,14H,5-6H2,1-4H3. The van der Waals surface area contributed by atoms with Gasteiger partial charge >= 0.3 is 11.9 Å². The zero-order valence-electron chi connectivity index (χ0n) is 11.2. The van der Waals surface area contributed by atoms with E-state index >= 15 is 0 Å². The summed E-state index contributed by atoms with van der Waals surface area (Å²) in [5.74, 6) is -0.629. The molecule has 0 fully saturated rings. The number of esters is 2. The van der Waals surface area contributed by atoms with Crippen molar-refractivity contribution in [2.45, 2.75) is 26.7 Å². The number of methoxy groups -OCH3 is 2. The van der Waals surface area contributed by atoms with E-state index in [9.17, 15) is 9.59 Å². The minimum atomic E-state index is -0.375. The first-order chi connectivity index (χ1) is 8.39. The minimum Gasteiger partial charge on any atom is -0.469 e. The van der Waals surface area contributed by atoms with Crippen molar-refractivity contribution in [3.63, 3.8) is 0 Å². The fourth-order valence-corrected chi connectivity index (χ4v) is 1.88. The Morgan fingerprint density at radius 2 is 1.89 bits per heavy atom. The summed E-state index contributed by atoms with van der Waals surface area (Å²) in [6.07, 6.45) is 4.26. The molecule has 1 rings (SSSR count). The summed E-state index contributed by atoms with van der Waals surface area (Å²) in [4.78, 5) is 25.7. The van der Waals surface area contributed by atoms with Crippen molar-refractivity contribution in [3.8, 4) is 0 Å². The topological polar surface area (TPSA) is 68.4 Å². The summed E-state index contributed by atoms with van der Waals surface area (Å²) >= 11 is 0. The molecule has 0 unspecified atom stereocenters. The van der Waals surface area contributed by atoms with Crippen LogP contribution >= 0.6 is 0 Å². The molecule has 0 radical (unpaired) electrons. The molecule has 0 atom stereocenters. The number of rotatable bonds is 5. The number of hydrogen-bond donors (Lipinski definition) is 1. The van der Waals surface area contributed by atoms with E-state index in [1.165, 1.54) is 14.2 Å². The van der Waals surface area contributed by atoms with Gasteiger partial charge in [-0.1, -0.05) is 13.8 Å². The highest BCUT2D eigenvalue weighted by atomic mass is 16.5. The van der Waals surface area contributed by atoms with Crippen LogP contribution in [0.4, 0.5) is 0 Å². The van der Waals surface area contributed by atoms with Crippen LogP contribution in [0.2, 0.25) is 0 Å². The van der Waals surface area contributed by atoms with Crippen LogP contribution < -0.4 is 0 Å². The van der Waals surface area contributed by atoms with Gasteiger partial charge in [-0.25, -0.2) is 4.79 Å². The Bertz CT molecular complexity index is 434. The van der Waals surface area contributed by atoms with Crippen LogP contribution in [-0.2, 0) is 20.7 Å². The quantitative estimate of drug-likeness (QED) is 0.814. The van der Waals surface area contributed by atoms with Gasteiger partial charge in [0.2, 0.25) is 0 Å². The summed E-state index contributed by atoms with van der Waals surface area (Å²) < 4.78 is 9.37. The molecule has 18 heavy (non-hydrogen) atoms. The summed E-state index contributed by atoms with van der Waals surface area (Å²) in [5.41, 5.74) is 1.07. The van der Waals surface area contributed by atoms with E-state index in [4.69, 9.17) is 4.74 Å². The molecule has 1 N–H and O–H groups in total. The maximum atomic E-state index is 11.5. The molecule has 0 amide bonds. The van der Waals surface area contributed by atoms with Crippen LogP contribution in [0, 0.1) is 5.41 Å².